The number of aryl methyl sites for hydroxylation is 1. The minimum absolute atomic E-state index is 0.223. The van der Waals surface area contributed by atoms with E-state index in [-0.39, 0.29) is 11.7 Å². The lowest BCUT2D eigenvalue weighted by atomic mass is 9.96. The maximum atomic E-state index is 13.7. The number of fused-ring (bicyclic) bond motifs is 1. The van der Waals surface area contributed by atoms with Gasteiger partial charge in [-0.15, -0.1) is 0 Å². The van der Waals surface area contributed by atoms with E-state index < -0.39 is 12.0 Å². The first-order chi connectivity index (χ1) is 17.2. The summed E-state index contributed by atoms with van der Waals surface area (Å²) in [6.07, 6.45) is 1.52. The zero-order chi connectivity index (χ0) is 26.0. The van der Waals surface area contributed by atoms with Gasteiger partial charge in [0.25, 0.3) is 5.56 Å². The molecule has 0 bridgehead atoms. The van der Waals surface area contributed by atoms with Crippen LogP contribution in [0.3, 0.4) is 0 Å². The number of ether oxygens (including phenoxy) is 3. The Kier molecular flexibility index (Phi) is 7.45. The molecule has 0 unspecified atom stereocenters. The number of methoxy groups -OCH3 is 1. The normalized spacial score (nSPS) is 15.5. The molecule has 2 heterocycles. The second-order valence-corrected chi connectivity index (χ2v) is 9.78. The van der Waals surface area contributed by atoms with Crippen LogP contribution in [0.25, 0.3) is 6.08 Å². The molecule has 7 nitrogen and oxygen atoms in total. The molecule has 8 heteroatoms. The Bertz CT molecular complexity index is 1500. The molecule has 3 aromatic rings. The summed E-state index contributed by atoms with van der Waals surface area (Å²) in [6, 6.07) is 12.6. The van der Waals surface area contributed by atoms with Crippen molar-refractivity contribution in [3.8, 4) is 11.5 Å². The monoisotopic (exact) mass is 506 g/mol. The van der Waals surface area contributed by atoms with Crippen molar-refractivity contribution in [2.24, 2.45) is 4.99 Å². The molecule has 1 aliphatic heterocycles. The topological polar surface area (TPSA) is 79.1 Å². The molecule has 0 amide bonds. The summed E-state index contributed by atoms with van der Waals surface area (Å²) >= 11 is 1.29. The highest BCUT2D eigenvalue weighted by atomic mass is 32.1. The largest absolute Gasteiger partial charge is 0.496 e. The van der Waals surface area contributed by atoms with Crippen molar-refractivity contribution < 1.29 is 19.0 Å². The van der Waals surface area contributed by atoms with E-state index in [9.17, 15) is 9.59 Å². The fraction of sp³-hybridized carbons (Fsp3) is 0.321. The molecular weight excluding hydrogens is 476 g/mol. The fourth-order valence-corrected chi connectivity index (χ4v) is 5.21. The Morgan fingerprint density at radius 2 is 1.89 bits per heavy atom. The SMILES string of the molecule is CCOc1ccc([C@@H]2C(C(=O)OC(C)C)=C(C)N=c3s/c(=C/c4ccc(C)c(OC)c4)c(=O)n32)cc1. The summed E-state index contributed by atoms with van der Waals surface area (Å²) in [6.45, 7) is 9.80. The number of carbonyl (C=O) groups excluding carboxylic acids is 1. The first-order valence-electron chi connectivity index (χ1n) is 11.8. The van der Waals surface area contributed by atoms with Gasteiger partial charge in [0, 0.05) is 0 Å². The predicted molar refractivity (Wildman–Crippen MR) is 140 cm³/mol. The van der Waals surface area contributed by atoms with Gasteiger partial charge in [-0.3, -0.25) is 9.36 Å². The zero-order valence-corrected chi connectivity index (χ0v) is 22.1. The number of hydrogen-bond donors (Lipinski definition) is 0. The first-order valence-corrected chi connectivity index (χ1v) is 12.7. The maximum absolute atomic E-state index is 13.7. The third kappa shape index (κ3) is 4.99. The van der Waals surface area contributed by atoms with Crippen LogP contribution in [0.1, 0.15) is 50.4 Å². The van der Waals surface area contributed by atoms with Crippen molar-refractivity contribution in [1.29, 1.82) is 0 Å². The summed E-state index contributed by atoms with van der Waals surface area (Å²) in [7, 11) is 1.62. The molecule has 0 N–H and O–H groups in total. The quantitative estimate of drug-likeness (QED) is 0.454. The molecular formula is C28H30N2O5S. The van der Waals surface area contributed by atoms with Crippen LogP contribution < -0.4 is 24.4 Å². The summed E-state index contributed by atoms with van der Waals surface area (Å²) in [5.41, 5.74) is 3.28. The maximum Gasteiger partial charge on any atom is 0.338 e. The van der Waals surface area contributed by atoms with Crippen molar-refractivity contribution >= 4 is 23.4 Å². The van der Waals surface area contributed by atoms with Crippen LogP contribution in [-0.2, 0) is 9.53 Å². The third-order valence-electron chi connectivity index (χ3n) is 5.82. The number of benzene rings is 2. The number of rotatable bonds is 7. The Morgan fingerprint density at radius 1 is 1.17 bits per heavy atom. The van der Waals surface area contributed by atoms with Crippen LogP contribution in [0.4, 0.5) is 0 Å². The summed E-state index contributed by atoms with van der Waals surface area (Å²) in [5.74, 6) is 0.982. The summed E-state index contributed by atoms with van der Waals surface area (Å²) < 4.78 is 18.7. The van der Waals surface area contributed by atoms with Gasteiger partial charge in [-0.05, 0) is 75.6 Å². The van der Waals surface area contributed by atoms with Crippen LogP contribution in [0.15, 0.2) is 63.5 Å². The van der Waals surface area contributed by atoms with Gasteiger partial charge in [-0.25, -0.2) is 9.79 Å². The highest BCUT2D eigenvalue weighted by Crippen LogP contribution is 2.32. The molecule has 0 fully saturated rings. The van der Waals surface area contributed by atoms with E-state index >= 15 is 0 Å². The van der Waals surface area contributed by atoms with Crippen LogP contribution in [0.2, 0.25) is 0 Å². The van der Waals surface area contributed by atoms with Gasteiger partial charge in [-0.1, -0.05) is 35.6 Å². The lowest BCUT2D eigenvalue weighted by Gasteiger charge is -2.25. The average molecular weight is 507 g/mol. The predicted octanol–water partition coefficient (Wildman–Crippen LogP) is 3.90. The number of nitrogens with zero attached hydrogens (tertiary/aromatic N) is 2. The molecule has 0 radical (unpaired) electrons. The molecule has 1 aliphatic rings. The van der Waals surface area contributed by atoms with E-state index in [1.165, 1.54) is 11.3 Å². The highest BCUT2D eigenvalue weighted by Gasteiger charge is 2.33. The second kappa shape index (κ2) is 10.5. The number of hydrogen-bond acceptors (Lipinski definition) is 7. The molecule has 0 spiro atoms. The molecule has 4 rings (SSSR count). The standard InChI is InChI=1S/C28H30N2O5S/c1-7-34-21-12-10-20(11-13-21)25-24(27(32)35-16(2)3)18(5)29-28-30(25)26(31)23(36-28)15-19-9-8-17(4)22(14-19)33-6/h8-16,25H,7H2,1-6H3/b23-15+/t25-/m1/s1. The van der Waals surface area contributed by atoms with Gasteiger partial charge in [0.1, 0.15) is 11.5 Å². The van der Waals surface area contributed by atoms with E-state index in [0.29, 0.717) is 33.0 Å². The third-order valence-corrected chi connectivity index (χ3v) is 6.80. The number of thiazole rings is 1. The lowest BCUT2D eigenvalue weighted by molar-refractivity contribution is -0.143. The van der Waals surface area contributed by atoms with Crippen molar-refractivity contribution in [1.82, 2.24) is 4.57 Å². The van der Waals surface area contributed by atoms with Crippen molar-refractivity contribution in [3.05, 3.63) is 90.1 Å². The number of aromatic nitrogens is 1. The second-order valence-electron chi connectivity index (χ2n) is 8.77. The summed E-state index contributed by atoms with van der Waals surface area (Å²) in [4.78, 5) is 32.1. The molecule has 1 atom stereocenters. The van der Waals surface area contributed by atoms with E-state index in [2.05, 4.69) is 4.99 Å². The van der Waals surface area contributed by atoms with Gasteiger partial charge in [-0.2, -0.15) is 0 Å². The van der Waals surface area contributed by atoms with Crippen LogP contribution in [-0.4, -0.2) is 30.4 Å². The molecule has 188 valence electrons. The summed E-state index contributed by atoms with van der Waals surface area (Å²) in [5, 5.41) is 0. The molecule has 0 saturated heterocycles. The number of carbonyl (C=O) groups is 1. The molecule has 0 aliphatic carbocycles. The van der Waals surface area contributed by atoms with Crippen molar-refractivity contribution in [2.75, 3.05) is 13.7 Å². The average Bonchev–Trinajstić information content (AvgIpc) is 3.14. The van der Waals surface area contributed by atoms with Crippen LogP contribution >= 0.6 is 11.3 Å². The Hall–Kier alpha value is -3.65. The van der Waals surface area contributed by atoms with Gasteiger partial charge in [0.15, 0.2) is 4.80 Å². The number of esters is 1. The van der Waals surface area contributed by atoms with Gasteiger partial charge < -0.3 is 14.2 Å². The first kappa shape index (κ1) is 25.4. The van der Waals surface area contributed by atoms with Crippen molar-refractivity contribution in [3.63, 3.8) is 0 Å². The molecule has 36 heavy (non-hydrogen) atoms. The van der Waals surface area contributed by atoms with Gasteiger partial charge in [0.2, 0.25) is 0 Å². The van der Waals surface area contributed by atoms with E-state index in [1.807, 2.05) is 62.4 Å². The minimum Gasteiger partial charge on any atom is -0.496 e. The van der Waals surface area contributed by atoms with Gasteiger partial charge in [0.05, 0.1) is 41.7 Å². The zero-order valence-electron chi connectivity index (χ0n) is 21.3. The smallest absolute Gasteiger partial charge is 0.338 e. The minimum atomic E-state index is -0.669. The van der Waals surface area contributed by atoms with Crippen molar-refractivity contribution in [2.45, 2.75) is 46.8 Å². The Morgan fingerprint density at radius 3 is 2.53 bits per heavy atom. The Labute approximate surface area is 214 Å². The fourth-order valence-electron chi connectivity index (χ4n) is 4.17. The van der Waals surface area contributed by atoms with E-state index in [4.69, 9.17) is 14.2 Å². The lowest BCUT2D eigenvalue weighted by Crippen LogP contribution is -2.40. The van der Waals surface area contributed by atoms with E-state index in [0.717, 1.165) is 22.4 Å². The van der Waals surface area contributed by atoms with Crippen LogP contribution in [0.5, 0.6) is 11.5 Å². The number of allylic oxidation sites excluding steroid dienone is 1. The molecule has 0 saturated carbocycles. The van der Waals surface area contributed by atoms with Crippen LogP contribution in [0, 0.1) is 6.92 Å². The molecule has 1 aromatic heterocycles. The van der Waals surface area contributed by atoms with Gasteiger partial charge >= 0.3 is 5.97 Å². The van der Waals surface area contributed by atoms with E-state index in [1.54, 1.807) is 32.4 Å². The highest BCUT2D eigenvalue weighted by molar-refractivity contribution is 7.07. The molecule has 2 aromatic carbocycles. The Balaban J connectivity index is 1.90.